The van der Waals surface area contributed by atoms with E-state index in [9.17, 15) is 23.3 Å². The standard InChI is InChI=1S/C13H15F3N2O2/c14-13(15,16)9-1-3-10(4-2-9)17-11-5-7-12(8-6-11)18(19)20/h5-10,17H,1-4H2. The number of rotatable bonds is 3. The van der Waals surface area contributed by atoms with Crippen LogP contribution in [0.2, 0.25) is 0 Å². The molecule has 1 fully saturated rings. The van der Waals surface area contributed by atoms with Crippen molar-refractivity contribution in [1.29, 1.82) is 0 Å². The van der Waals surface area contributed by atoms with Gasteiger partial charge in [-0.15, -0.1) is 0 Å². The molecular formula is C13H15F3N2O2. The summed E-state index contributed by atoms with van der Waals surface area (Å²) in [5, 5.41) is 13.6. The fourth-order valence-electron chi connectivity index (χ4n) is 2.48. The Morgan fingerprint density at radius 2 is 1.65 bits per heavy atom. The first-order chi connectivity index (χ1) is 9.36. The highest BCUT2D eigenvalue weighted by molar-refractivity contribution is 5.49. The van der Waals surface area contributed by atoms with Crippen LogP contribution in [-0.4, -0.2) is 17.1 Å². The van der Waals surface area contributed by atoms with Crippen molar-refractivity contribution in [1.82, 2.24) is 0 Å². The third kappa shape index (κ3) is 3.61. The Bertz CT molecular complexity index is 465. The van der Waals surface area contributed by atoms with Gasteiger partial charge < -0.3 is 5.32 Å². The van der Waals surface area contributed by atoms with Crippen molar-refractivity contribution >= 4 is 11.4 Å². The number of hydrogen-bond acceptors (Lipinski definition) is 3. The van der Waals surface area contributed by atoms with Crippen molar-refractivity contribution in [2.24, 2.45) is 5.92 Å². The molecule has 1 aromatic rings. The molecule has 0 spiro atoms. The van der Waals surface area contributed by atoms with Gasteiger partial charge in [0.1, 0.15) is 0 Å². The van der Waals surface area contributed by atoms with Gasteiger partial charge in [-0.3, -0.25) is 10.1 Å². The Kier molecular flexibility index (Phi) is 4.15. The van der Waals surface area contributed by atoms with Crippen LogP contribution in [0.5, 0.6) is 0 Å². The molecule has 2 rings (SSSR count). The quantitative estimate of drug-likeness (QED) is 0.672. The summed E-state index contributed by atoms with van der Waals surface area (Å²) in [6.07, 6.45) is -2.91. The number of nitro groups is 1. The zero-order valence-electron chi connectivity index (χ0n) is 10.7. The zero-order chi connectivity index (χ0) is 14.8. The molecule has 0 amide bonds. The molecule has 0 heterocycles. The second-order valence-corrected chi connectivity index (χ2v) is 5.04. The summed E-state index contributed by atoms with van der Waals surface area (Å²) >= 11 is 0. The Balaban J connectivity index is 1.88. The summed E-state index contributed by atoms with van der Waals surface area (Å²) in [5.41, 5.74) is 0.697. The lowest BCUT2D eigenvalue weighted by molar-refractivity contribution is -0.384. The summed E-state index contributed by atoms with van der Waals surface area (Å²) in [6, 6.07) is 5.91. The number of nitrogens with zero attached hydrogens (tertiary/aromatic N) is 1. The van der Waals surface area contributed by atoms with Crippen LogP contribution >= 0.6 is 0 Å². The normalized spacial score (nSPS) is 23.4. The van der Waals surface area contributed by atoms with Crippen LogP contribution in [0.1, 0.15) is 25.7 Å². The molecule has 0 bridgehead atoms. The minimum absolute atomic E-state index is 0.00340. The SMILES string of the molecule is O=[N+]([O-])c1ccc(NC2CCC(C(F)(F)F)CC2)cc1. The lowest BCUT2D eigenvalue weighted by atomic mass is 9.85. The lowest BCUT2D eigenvalue weighted by Crippen LogP contribution is -2.32. The van der Waals surface area contributed by atoms with Gasteiger partial charge in [-0.2, -0.15) is 13.2 Å². The summed E-state index contributed by atoms with van der Waals surface area (Å²) in [6.45, 7) is 0. The van der Waals surface area contributed by atoms with E-state index < -0.39 is 17.0 Å². The molecule has 4 nitrogen and oxygen atoms in total. The van der Waals surface area contributed by atoms with Gasteiger partial charge in [-0.25, -0.2) is 0 Å². The van der Waals surface area contributed by atoms with Crippen LogP contribution in [0.15, 0.2) is 24.3 Å². The molecule has 1 aliphatic carbocycles. The van der Waals surface area contributed by atoms with Crippen molar-refractivity contribution in [2.75, 3.05) is 5.32 Å². The highest BCUT2D eigenvalue weighted by atomic mass is 19.4. The number of anilines is 1. The molecule has 1 aliphatic rings. The minimum atomic E-state index is -4.10. The molecule has 1 aromatic carbocycles. The molecule has 0 aliphatic heterocycles. The summed E-state index contributed by atoms with van der Waals surface area (Å²) < 4.78 is 37.6. The smallest absolute Gasteiger partial charge is 0.382 e. The lowest BCUT2D eigenvalue weighted by Gasteiger charge is -2.30. The molecule has 7 heteroatoms. The van der Waals surface area contributed by atoms with Crippen molar-refractivity contribution < 1.29 is 18.1 Å². The van der Waals surface area contributed by atoms with E-state index in [-0.39, 0.29) is 24.6 Å². The number of nitro benzene ring substituents is 1. The van der Waals surface area contributed by atoms with Crippen molar-refractivity contribution in [3.8, 4) is 0 Å². The highest BCUT2D eigenvalue weighted by Crippen LogP contribution is 2.38. The monoisotopic (exact) mass is 288 g/mol. The zero-order valence-corrected chi connectivity index (χ0v) is 10.7. The second-order valence-electron chi connectivity index (χ2n) is 5.04. The molecule has 20 heavy (non-hydrogen) atoms. The number of non-ortho nitro benzene ring substituents is 1. The maximum Gasteiger partial charge on any atom is 0.391 e. The molecular weight excluding hydrogens is 273 g/mol. The highest BCUT2D eigenvalue weighted by Gasteiger charge is 2.41. The van der Waals surface area contributed by atoms with Gasteiger partial charge in [0.25, 0.3) is 5.69 Å². The van der Waals surface area contributed by atoms with Gasteiger partial charge in [0.05, 0.1) is 10.8 Å². The largest absolute Gasteiger partial charge is 0.391 e. The number of hydrogen-bond donors (Lipinski definition) is 1. The Labute approximate surface area is 114 Å². The van der Waals surface area contributed by atoms with Crippen LogP contribution in [0.3, 0.4) is 0 Å². The van der Waals surface area contributed by atoms with E-state index in [1.54, 1.807) is 12.1 Å². The topological polar surface area (TPSA) is 55.2 Å². The average Bonchev–Trinajstić information content (AvgIpc) is 2.39. The van der Waals surface area contributed by atoms with E-state index >= 15 is 0 Å². The Morgan fingerprint density at radius 3 is 2.10 bits per heavy atom. The molecule has 0 unspecified atom stereocenters. The van der Waals surface area contributed by atoms with Gasteiger partial charge in [-0.05, 0) is 37.8 Å². The number of alkyl halides is 3. The van der Waals surface area contributed by atoms with E-state index in [1.165, 1.54) is 12.1 Å². The minimum Gasteiger partial charge on any atom is -0.382 e. The van der Waals surface area contributed by atoms with Gasteiger partial charge in [0.2, 0.25) is 0 Å². The first-order valence-electron chi connectivity index (χ1n) is 6.44. The van der Waals surface area contributed by atoms with Gasteiger partial charge in [0, 0.05) is 23.9 Å². The van der Waals surface area contributed by atoms with E-state index in [2.05, 4.69) is 5.32 Å². The average molecular weight is 288 g/mol. The Morgan fingerprint density at radius 1 is 1.10 bits per heavy atom. The summed E-state index contributed by atoms with van der Waals surface area (Å²) in [7, 11) is 0. The fraction of sp³-hybridized carbons (Fsp3) is 0.538. The van der Waals surface area contributed by atoms with Crippen molar-refractivity contribution in [3.63, 3.8) is 0 Å². The number of benzene rings is 1. The van der Waals surface area contributed by atoms with Crippen molar-refractivity contribution in [2.45, 2.75) is 37.9 Å². The first-order valence-corrected chi connectivity index (χ1v) is 6.44. The summed E-state index contributed by atoms with van der Waals surface area (Å²) in [5.74, 6) is -1.20. The van der Waals surface area contributed by atoms with Crippen molar-refractivity contribution in [3.05, 3.63) is 34.4 Å². The number of nitrogens with one attached hydrogen (secondary N) is 1. The van der Waals surface area contributed by atoms with Crippen LogP contribution < -0.4 is 5.32 Å². The van der Waals surface area contributed by atoms with Gasteiger partial charge in [0.15, 0.2) is 0 Å². The first kappa shape index (κ1) is 14.6. The molecule has 1 N–H and O–H groups in total. The molecule has 1 saturated carbocycles. The van der Waals surface area contributed by atoms with E-state index in [4.69, 9.17) is 0 Å². The van der Waals surface area contributed by atoms with E-state index in [0.29, 0.717) is 18.5 Å². The Hall–Kier alpha value is -1.79. The van der Waals surface area contributed by atoms with Crippen LogP contribution in [0, 0.1) is 16.0 Å². The summed E-state index contributed by atoms with van der Waals surface area (Å²) in [4.78, 5) is 10.0. The predicted molar refractivity (Wildman–Crippen MR) is 68.5 cm³/mol. The van der Waals surface area contributed by atoms with Crippen LogP contribution in [0.25, 0.3) is 0 Å². The third-order valence-corrected chi connectivity index (χ3v) is 3.64. The van der Waals surface area contributed by atoms with Gasteiger partial charge >= 0.3 is 6.18 Å². The van der Waals surface area contributed by atoms with E-state index in [1.807, 2.05) is 0 Å². The van der Waals surface area contributed by atoms with Crippen LogP contribution in [-0.2, 0) is 0 Å². The molecule has 110 valence electrons. The number of halogens is 3. The maximum absolute atomic E-state index is 12.5. The van der Waals surface area contributed by atoms with E-state index in [0.717, 1.165) is 0 Å². The molecule has 0 atom stereocenters. The van der Waals surface area contributed by atoms with Gasteiger partial charge in [-0.1, -0.05) is 0 Å². The molecule has 0 radical (unpaired) electrons. The van der Waals surface area contributed by atoms with Crippen LogP contribution in [0.4, 0.5) is 24.5 Å². The second kappa shape index (κ2) is 5.68. The third-order valence-electron chi connectivity index (χ3n) is 3.64. The predicted octanol–water partition coefficient (Wildman–Crippen LogP) is 4.13. The molecule has 0 aromatic heterocycles. The maximum atomic E-state index is 12.5. The molecule has 0 saturated heterocycles. The fourth-order valence-corrected chi connectivity index (χ4v) is 2.48.